The number of nitrogens with zero attached hydrogens (tertiary/aromatic N) is 5. The molecule has 1 aliphatic carbocycles. The van der Waals surface area contributed by atoms with Gasteiger partial charge < -0.3 is 10.0 Å². The van der Waals surface area contributed by atoms with Crippen molar-refractivity contribution >= 4 is 5.91 Å². The Labute approximate surface area is 153 Å². The standard InChI is InChI=1S/C19H25N5O2/c1-14-20-21-22-24(14)11-9-18(25)23-12-15-6-5-10-19(26,17(15)13-23)16-7-3-2-4-8-16/h2-4,7-8,15,17,26H,5-6,9-13H2,1H3/t15-,17+,19+/m0/s1. The highest BCUT2D eigenvalue weighted by Gasteiger charge is 2.50. The molecule has 138 valence electrons. The number of rotatable bonds is 4. The van der Waals surface area contributed by atoms with E-state index in [0.29, 0.717) is 31.3 Å². The number of aliphatic hydroxyl groups is 1. The van der Waals surface area contributed by atoms with Crippen molar-refractivity contribution < 1.29 is 9.90 Å². The van der Waals surface area contributed by atoms with E-state index in [-0.39, 0.29) is 11.8 Å². The SMILES string of the molecule is Cc1nnnn1CCC(=O)N1C[C@@H]2CCC[C@@](O)(c3ccccc3)[C@@H]2C1. The van der Waals surface area contributed by atoms with Gasteiger partial charge in [0.25, 0.3) is 0 Å². The first-order valence-electron chi connectivity index (χ1n) is 9.36. The summed E-state index contributed by atoms with van der Waals surface area (Å²) >= 11 is 0. The highest BCUT2D eigenvalue weighted by molar-refractivity contribution is 5.76. The highest BCUT2D eigenvalue weighted by Crippen LogP contribution is 2.48. The Balaban J connectivity index is 1.45. The number of fused-ring (bicyclic) bond motifs is 1. The molecule has 0 spiro atoms. The number of carbonyl (C=O) groups is 1. The normalized spacial score (nSPS) is 28.2. The number of tetrazole rings is 1. The van der Waals surface area contributed by atoms with Crippen LogP contribution in [0.25, 0.3) is 0 Å². The molecular weight excluding hydrogens is 330 g/mol. The molecule has 0 bridgehead atoms. The van der Waals surface area contributed by atoms with Gasteiger partial charge in [-0.15, -0.1) is 5.10 Å². The molecule has 1 aromatic carbocycles. The third-order valence-corrected chi connectivity index (χ3v) is 6.06. The largest absolute Gasteiger partial charge is 0.385 e. The second kappa shape index (κ2) is 6.79. The summed E-state index contributed by atoms with van der Waals surface area (Å²) in [7, 11) is 0. The van der Waals surface area contributed by atoms with Crippen molar-refractivity contribution in [3.8, 4) is 0 Å². The molecule has 0 unspecified atom stereocenters. The van der Waals surface area contributed by atoms with Crippen LogP contribution in [-0.4, -0.2) is 49.2 Å². The van der Waals surface area contributed by atoms with Crippen LogP contribution in [0.1, 0.15) is 37.1 Å². The Morgan fingerprint density at radius 1 is 1.31 bits per heavy atom. The number of carbonyl (C=O) groups excluding carboxylic acids is 1. The van der Waals surface area contributed by atoms with Crippen molar-refractivity contribution in [2.75, 3.05) is 13.1 Å². The average Bonchev–Trinajstić information content (AvgIpc) is 3.28. The minimum atomic E-state index is -0.828. The molecule has 4 rings (SSSR count). The Morgan fingerprint density at radius 3 is 2.85 bits per heavy atom. The van der Waals surface area contributed by atoms with Gasteiger partial charge in [-0.25, -0.2) is 4.68 Å². The van der Waals surface area contributed by atoms with E-state index in [2.05, 4.69) is 15.5 Å². The monoisotopic (exact) mass is 355 g/mol. The zero-order chi connectivity index (χ0) is 18.1. The van der Waals surface area contributed by atoms with Gasteiger partial charge in [0, 0.05) is 25.4 Å². The van der Waals surface area contributed by atoms with E-state index in [1.54, 1.807) is 4.68 Å². The number of amides is 1. The Kier molecular flexibility index (Phi) is 4.48. The minimum absolute atomic E-state index is 0.109. The number of aryl methyl sites for hydroxylation is 2. The molecule has 1 aromatic heterocycles. The van der Waals surface area contributed by atoms with Gasteiger partial charge >= 0.3 is 0 Å². The van der Waals surface area contributed by atoms with Crippen LogP contribution in [-0.2, 0) is 16.9 Å². The Morgan fingerprint density at radius 2 is 2.12 bits per heavy atom. The van der Waals surface area contributed by atoms with E-state index in [1.165, 1.54) is 0 Å². The van der Waals surface area contributed by atoms with Crippen molar-refractivity contribution in [2.24, 2.45) is 11.8 Å². The van der Waals surface area contributed by atoms with Crippen LogP contribution in [0.3, 0.4) is 0 Å². The fourth-order valence-corrected chi connectivity index (χ4v) is 4.63. The lowest BCUT2D eigenvalue weighted by Crippen LogP contribution is -2.43. The molecule has 3 atom stereocenters. The zero-order valence-electron chi connectivity index (χ0n) is 15.1. The van der Waals surface area contributed by atoms with Gasteiger partial charge in [0.15, 0.2) is 0 Å². The lowest BCUT2D eigenvalue weighted by Gasteiger charge is -2.41. The Bertz CT molecular complexity index is 777. The molecule has 26 heavy (non-hydrogen) atoms. The van der Waals surface area contributed by atoms with Gasteiger partial charge in [0.05, 0.1) is 12.1 Å². The molecule has 2 heterocycles. The van der Waals surface area contributed by atoms with E-state index >= 15 is 0 Å². The summed E-state index contributed by atoms with van der Waals surface area (Å²) in [6.45, 7) is 3.69. The first kappa shape index (κ1) is 17.1. The molecule has 1 saturated carbocycles. The summed E-state index contributed by atoms with van der Waals surface area (Å²) in [5.41, 5.74) is 0.152. The molecule has 1 amide bonds. The zero-order valence-corrected chi connectivity index (χ0v) is 15.1. The molecule has 0 radical (unpaired) electrons. The Hall–Kier alpha value is -2.28. The van der Waals surface area contributed by atoms with E-state index in [9.17, 15) is 9.90 Å². The quantitative estimate of drug-likeness (QED) is 0.899. The number of hydrogen-bond acceptors (Lipinski definition) is 5. The lowest BCUT2D eigenvalue weighted by atomic mass is 9.67. The number of hydrogen-bond donors (Lipinski definition) is 1. The smallest absolute Gasteiger partial charge is 0.224 e. The highest BCUT2D eigenvalue weighted by atomic mass is 16.3. The first-order valence-corrected chi connectivity index (χ1v) is 9.36. The summed E-state index contributed by atoms with van der Waals surface area (Å²) in [5, 5.41) is 22.8. The second-order valence-corrected chi connectivity index (χ2v) is 7.55. The molecular formula is C19H25N5O2. The molecule has 2 fully saturated rings. The van der Waals surface area contributed by atoms with Crippen LogP contribution in [0, 0.1) is 18.8 Å². The van der Waals surface area contributed by atoms with Crippen LogP contribution in [0.15, 0.2) is 30.3 Å². The summed E-state index contributed by atoms with van der Waals surface area (Å²) in [6.07, 6.45) is 3.23. The molecule has 2 aliphatic rings. The summed E-state index contributed by atoms with van der Waals surface area (Å²) in [6, 6.07) is 9.94. The van der Waals surface area contributed by atoms with Crippen LogP contribution in [0.2, 0.25) is 0 Å². The molecule has 1 saturated heterocycles. The number of benzene rings is 1. The number of likely N-dealkylation sites (tertiary alicyclic amines) is 1. The maximum Gasteiger partial charge on any atom is 0.224 e. The van der Waals surface area contributed by atoms with E-state index in [4.69, 9.17) is 0 Å². The van der Waals surface area contributed by atoms with E-state index in [1.807, 2.05) is 42.2 Å². The van der Waals surface area contributed by atoms with Crippen molar-refractivity contribution in [3.05, 3.63) is 41.7 Å². The predicted octanol–water partition coefficient (Wildman–Crippen LogP) is 1.52. The van der Waals surface area contributed by atoms with Gasteiger partial charge in [-0.05, 0) is 48.1 Å². The fourth-order valence-electron chi connectivity index (χ4n) is 4.63. The average molecular weight is 355 g/mol. The predicted molar refractivity (Wildman–Crippen MR) is 94.9 cm³/mol. The lowest BCUT2D eigenvalue weighted by molar-refractivity contribution is -0.131. The van der Waals surface area contributed by atoms with E-state index in [0.717, 1.165) is 31.4 Å². The third kappa shape index (κ3) is 3.00. The molecule has 2 aromatic rings. The molecule has 7 heteroatoms. The van der Waals surface area contributed by atoms with Gasteiger partial charge in [0.1, 0.15) is 5.82 Å². The van der Waals surface area contributed by atoms with Crippen molar-refractivity contribution in [3.63, 3.8) is 0 Å². The van der Waals surface area contributed by atoms with E-state index < -0.39 is 5.60 Å². The topological polar surface area (TPSA) is 84.1 Å². The van der Waals surface area contributed by atoms with Crippen LogP contribution in [0.5, 0.6) is 0 Å². The van der Waals surface area contributed by atoms with Crippen molar-refractivity contribution in [2.45, 2.75) is 44.8 Å². The maximum absolute atomic E-state index is 12.7. The molecule has 1 aliphatic heterocycles. The van der Waals surface area contributed by atoms with Crippen LogP contribution >= 0.6 is 0 Å². The second-order valence-electron chi connectivity index (χ2n) is 7.55. The fraction of sp³-hybridized carbons (Fsp3) is 0.579. The number of aromatic nitrogens is 4. The van der Waals surface area contributed by atoms with Crippen LogP contribution < -0.4 is 0 Å². The van der Waals surface area contributed by atoms with Crippen molar-refractivity contribution in [1.29, 1.82) is 0 Å². The van der Waals surface area contributed by atoms with Gasteiger partial charge in [0.2, 0.25) is 5.91 Å². The molecule has 1 N–H and O–H groups in total. The third-order valence-electron chi connectivity index (χ3n) is 6.06. The minimum Gasteiger partial charge on any atom is -0.385 e. The maximum atomic E-state index is 12.7. The van der Waals surface area contributed by atoms with Gasteiger partial charge in [-0.3, -0.25) is 4.79 Å². The molecule has 7 nitrogen and oxygen atoms in total. The summed E-state index contributed by atoms with van der Waals surface area (Å²) in [5.74, 6) is 1.31. The first-order chi connectivity index (χ1) is 12.6. The van der Waals surface area contributed by atoms with Gasteiger partial charge in [-0.2, -0.15) is 0 Å². The van der Waals surface area contributed by atoms with Crippen molar-refractivity contribution in [1.82, 2.24) is 25.1 Å². The summed E-state index contributed by atoms with van der Waals surface area (Å²) < 4.78 is 1.65. The van der Waals surface area contributed by atoms with Crippen LogP contribution in [0.4, 0.5) is 0 Å². The van der Waals surface area contributed by atoms with Gasteiger partial charge in [-0.1, -0.05) is 30.3 Å². The summed E-state index contributed by atoms with van der Waals surface area (Å²) in [4.78, 5) is 14.6.